The molecule has 1 aromatic heterocycles. The molecule has 1 heterocycles. The Morgan fingerprint density at radius 3 is 2.84 bits per heavy atom. The maximum atomic E-state index is 10.0. The van der Waals surface area contributed by atoms with Crippen molar-refractivity contribution in [3.05, 3.63) is 51.6 Å². The van der Waals surface area contributed by atoms with Crippen molar-refractivity contribution in [1.29, 1.82) is 0 Å². The summed E-state index contributed by atoms with van der Waals surface area (Å²) in [6.07, 6.45) is 3.25. The van der Waals surface area contributed by atoms with Crippen LogP contribution in [0.25, 0.3) is 0 Å². The summed E-state index contributed by atoms with van der Waals surface area (Å²) < 4.78 is 0.701. The Morgan fingerprint density at radius 2 is 2.16 bits per heavy atom. The van der Waals surface area contributed by atoms with Gasteiger partial charge in [0.1, 0.15) is 11.6 Å². The van der Waals surface area contributed by atoms with E-state index in [0.717, 1.165) is 11.1 Å². The number of rotatable bonds is 3. The highest BCUT2D eigenvalue weighted by molar-refractivity contribution is 9.10. The van der Waals surface area contributed by atoms with Crippen molar-refractivity contribution >= 4 is 28.0 Å². The molecule has 0 atom stereocenters. The average Bonchev–Trinajstić information content (AvgIpc) is 2.43. The molecule has 0 unspecified atom stereocenters. The normalized spacial score (nSPS) is 10.9. The first-order valence-corrected chi connectivity index (χ1v) is 6.57. The first kappa shape index (κ1) is 13.5. The van der Waals surface area contributed by atoms with Gasteiger partial charge in [-0.3, -0.25) is 5.43 Å². The van der Waals surface area contributed by atoms with Crippen molar-refractivity contribution in [2.24, 2.45) is 5.10 Å². The molecule has 0 aliphatic rings. The van der Waals surface area contributed by atoms with E-state index in [1.165, 1.54) is 0 Å². The molecule has 19 heavy (non-hydrogen) atoms. The summed E-state index contributed by atoms with van der Waals surface area (Å²) in [5.41, 5.74) is 5.56. The average molecular weight is 320 g/mol. The Labute approximate surface area is 120 Å². The molecule has 5 heteroatoms. The molecule has 0 amide bonds. The standard InChI is InChI=1S/C14H14BrN3O/c1-9-7-11(14(19)13(15)10(9)2)8-17-18-12-5-3-4-6-16-12/h3-8,19H,1-2H3,(H,16,18)/b17-8+. The quantitative estimate of drug-likeness (QED) is 0.671. The van der Waals surface area contributed by atoms with Crippen LogP contribution < -0.4 is 5.43 Å². The van der Waals surface area contributed by atoms with Gasteiger partial charge in [-0.1, -0.05) is 6.07 Å². The number of hydrogen-bond donors (Lipinski definition) is 2. The van der Waals surface area contributed by atoms with Gasteiger partial charge in [-0.25, -0.2) is 4.98 Å². The number of hydrazone groups is 1. The van der Waals surface area contributed by atoms with Crippen molar-refractivity contribution < 1.29 is 5.11 Å². The zero-order chi connectivity index (χ0) is 13.8. The lowest BCUT2D eigenvalue weighted by molar-refractivity contribution is 0.470. The number of nitrogens with zero attached hydrogens (tertiary/aromatic N) is 2. The van der Waals surface area contributed by atoms with Gasteiger partial charge >= 0.3 is 0 Å². The third-order valence-electron chi connectivity index (χ3n) is 2.82. The zero-order valence-corrected chi connectivity index (χ0v) is 12.3. The van der Waals surface area contributed by atoms with Gasteiger partial charge in [0.05, 0.1) is 10.7 Å². The molecule has 1 aromatic carbocycles. The number of pyridine rings is 1. The fraction of sp³-hybridized carbons (Fsp3) is 0.143. The highest BCUT2D eigenvalue weighted by atomic mass is 79.9. The predicted octanol–water partition coefficient (Wildman–Crippen LogP) is 3.61. The third-order valence-corrected chi connectivity index (χ3v) is 3.79. The number of phenols is 1. The largest absolute Gasteiger partial charge is 0.506 e. The van der Waals surface area contributed by atoms with Gasteiger partial charge < -0.3 is 5.11 Å². The molecule has 2 N–H and O–H groups in total. The summed E-state index contributed by atoms with van der Waals surface area (Å²) in [5, 5.41) is 14.1. The molecule has 0 bridgehead atoms. The summed E-state index contributed by atoms with van der Waals surface area (Å²) in [6, 6.07) is 7.41. The van der Waals surface area contributed by atoms with E-state index in [1.807, 2.05) is 38.1 Å². The van der Waals surface area contributed by atoms with E-state index in [0.29, 0.717) is 15.9 Å². The molecule has 0 saturated carbocycles. The molecular formula is C14H14BrN3O. The summed E-state index contributed by atoms with van der Waals surface area (Å²) in [4.78, 5) is 4.08. The first-order chi connectivity index (χ1) is 9.09. The van der Waals surface area contributed by atoms with Crippen LogP contribution >= 0.6 is 15.9 Å². The number of aryl methyl sites for hydroxylation is 1. The van der Waals surface area contributed by atoms with Crippen LogP contribution in [-0.2, 0) is 0 Å². The van der Waals surface area contributed by atoms with Gasteiger partial charge in [0.25, 0.3) is 0 Å². The van der Waals surface area contributed by atoms with Crippen molar-refractivity contribution in [2.45, 2.75) is 13.8 Å². The molecule has 0 aliphatic carbocycles. The highest BCUT2D eigenvalue weighted by Gasteiger charge is 2.09. The van der Waals surface area contributed by atoms with Crippen LogP contribution in [0.15, 0.2) is 40.0 Å². The molecular weight excluding hydrogens is 306 g/mol. The number of aromatic nitrogens is 1. The zero-order valence-electron chi connectivity index (χ0n) is 10.7. The first-order valence-electron chi connectivity index (χ1n) is 5.78. The minimum Gasteiger partial charge on any atom is -0.506 e. The number of hydrogen-bond acceptors (Lipinski definition) is 4. The Bertz CT molecular complexity index is 612. The summed E-state index contributed by atoms with van der Waals surface area (Å²) in [6.45, 7) is 3.94. The molecule has 98 valence electrons. The van der Waals surface area contributed by atoms with E-state index in [1.54, 1.807) is 12.4 Å². The Kier molecular flexibility index (Phi) is 4.16. The van der Waals surface area contributed by atoms with Gasteiger partial charge in [-0.05, 0) is 59.1 Å². The Balaban J connectivity index is 2.20. The fourth-order valence-corrected chi connectivity index (χ4v) is 2.12. The van der Waals surface area contributed by atoms with Gasteiger partial charge in [0.2, 0.25) is 0 Å². The minimum atomic E-state index is 0.190. The SMILES string of the molecule is Cc1cc(/C=N/Nc2ccccn2)c(O)c(Br)c1C. The van der Waals surface area contributed by atoms with Crippen LogP contribution in [-0.4, -0.2) is 16.3 Å². The van der Waals surface area contributed by atoms with Crippen molar-refractivity contribution in [1.82, 2.24) is 4.98 Å². The van der Waals surface area contributed by atoms with E-state index < -0.39 is 0 Å². The second-order valence-electron chi connectivity index (χ2n) is 4.16. The van der Waals surface area contributed by atoms with Crippen LogP contribution in [0.5, 0.6) is 5.75 Å². The lowest BCUT2D eigenvalue weighted by atomic mass is 10.1. The van der Waals surface area contributed by atoms with E-state index in [9.17, 15) is 5.11 Å². The van der Waals surface area contributed by atoms with Gasteiger partial charge in [-0.2, -0.15) is 5.10 Å². The van der Waals surface area contributed by atoms with E-state index in [2.05, 4.69) is 31.4 Å². The van der Waals surface area contributed by atoms with E-state index in [4.69, 9.17) is 0 Å². The monoisotopic (exact) mass is 319 g/mol. The number of anilines is 1. The van der Waals surface area contributed by atoms with Crippen LogP contribution in [0.2, 0.25) is 0 Å². The van der Waals surface area contributed by atoms with Crippen LogP contribution in [0.3, 0.4) is 0 Å². The second-order valence-corrected chi connectivity index (χ2v) is 4.95. The second kappa shape index (κ2) is 5.84. The highest BCUT2D eigenvalue weighted by Crippen LogP contribution is 2.32. The summed E-state index contributed by atoms with van der Waals surface area (Å²) in [7, 11) is 0. The molecule has 4 nitrogen and oxygen atoms in total. The summed E-state index contributed by atoms with van der Waals surface area (Å²) in [5.74, 6) is 0.843. The third kappa shape index (κ3) is 3.12. The smallest absolute Gasteiger partial charge is 0.146 e. The number of benzene rings is 1. The molecule has 0 spiro atoms. The molecule has 0 radical (unpaired) electrons. The Morgan fingerprint density at radius 1 is 1.37 bits per heavy atom. The molecule has 0 saturated heterocycles. The minimum absolute atomic E-state index is 0.190. The summed E-state index contributed by atoms with van der Waals surface area (Å²) >= 11 is 3.37. The molecule has 0 aliphatic heterocycles. The van der Waals surface area contributed by atoms with Crippen LogP contribution in [0.4, 0.5) is 5.82 Å². The molecule has 2 aromatic rings. The van der Waals surface area contributed by atoms with Crippen molar-refractivity contribution in [2.75, 3.05) is 5.43 Å². The van der Waals surface area contributed by atoms with Gasteiger partial charge in [0, 0.05) is 11.8 Å². The van der Waals surface area contributed by atoms with Crippen LogP contribution in [0, 0.1) is 13.8 Å². The number of halogens is 1. The topological polar surface area (TPSA) is 57.5 Å². The van der Waals surface area contributed by atoms with Crippen molar-refractivity contribution in [3.63, 3.8) is 0 Å². The maximum Gasteiger partial charge on any atom is 0.146 e. The molecule has 2 rings (SSSR count). The number of aromatic hydroxyl groups is 1. The van der Waals surface area contributed by atoms with Gasteiger partial charge in [-0.15, -0.1) is 0 Å². The van der Waals surface area contributed by atoms with Crippen molar-refractivity contribution in [3.8, 4) is 5.75 Å². The predicted molar refractivity (Wildman–Crippen MR) is 80.7 cm³/mol. The molecule has 0 fully saturated rings. The van der Waals surface area contributed by atoms with Gasteiger partial charge in [0.15, 0.2) is 0 Å². The van der Waals surface area contributed by atoms with Crippen LogP contribution in [0.1, 0.15) is 16.7 Å². The fourth-order valence-electron chi connectivity index (χ4n) is 1.58. The van der Waals surface area contributed by atoms with E-state index in [-0.39, 0.29) is 5.75 Å². The maximum absolute atomic E-state index is 10.0. The lowest BCUT2D eigenvalue weighted by Gasteiger charge is -2.08. The lowest BCUT2D eigenvalue weighted by Crippen LogP contribution is -1.95. The number of phenolic OH excluding ortho intramolecular Hbond substituents is 1. The number of nitrogens with one attached hydrogen (secondary N) is 1. The Hall–Kier alpha value is -1.88. The van der Waals surface area contributed by atoms with E-state index >= 15 is 0 Å².